The highest BCUT2D eigenvalue weighted by molar-refractivity contribution is 7.93. The van der Waals surface area contributed by atoms with Crippen molar-refractivity contribution < 1.29 is 21.6 Å². The number of carbonyl (C=O) groups excluding carboxylic acids is 1. The number of amides is 1. The van der Waals surface area contributed by atoms with Crippen molar-refractivity contribution in [2.24, 2.45) is 5.92 Å². The highest BCUT2D eigenvalue weighted by atomic mass is 32.2. The molecule has 2 aromatic carbocycles. The second kappa shape index (κ2) is 9.50. The first-order valence-corrected chi connectivity index (χ1v) is 13.7. The zero-order valence-electron chi connectivity index (χ0n) is 18.5. The lowest BCUT2D eigenvalue weighted by Crippen LogP contribution is -2.37. The smallest absolute Gasteiger partial charge is 0.261 e. The van der Waals surface area contributed by atoms with Crippen LogP contribution in [0.25, 0.3) is 0 Å². The minimum absolute atomic E-state index is 0.0601. The Labute approximate surface area is 190 Å². The van der Waals surface area contributed by atoms with E-state index in [4.69, 9.17) is 0 Å². The van der Waals surface area contributed by atoms with Gasteiger partial charge in [-0.15, -0.1) is 0 Å². The average Bonchev–Trinajstić information content (AvgIpc) is 2.73. The van der Waals surface area contributed by atoms with E-state index in [1.165, 1.54) is 28.6 Å². The Hall–Kier alpha value is -2.59. The molecule has 0 atom stereocenters. The summed E-state index contributed by atoms with van der Waals surface area (Å²) in [4.78, 5) is 11.9. The van der Waals surface area contributed by atoms with Crippen LogP contribution in [0.15, 0.2) is 47.4 Å². The Balaban J connectivity index is 1.79. The van der Waals surface area contributed by atoms with Crippen LogP contribution in [-0.2, 0) is 31.3 Å². The van der Waals surface area contributed by atoms with Crippen molar-refractivity contribution in [3.05, 3.63) is 48.0 Å². The van der Waals surface area contributed by atoms with Crippen LogP contribution in [0.2, 0.25) is 0 Å². The van der Waals surface area contributed by atoms with Crippen molar-refractivity contribution in [3.63, 3.8) is 0 Å². The van der Waals surface area contributed by atoms with Gasteiger partial charge in [0.2, 0.25) is 15.9 Å². The molecule has 0 aliphatic carbocycles. The molecule has 0 spiro atoms. The van der Waals surface area contributed by atoms with Crippen molar-refractivity contribution >= 4 is 43.0 Å². The van der Waals surface area contributed by atoms with E-state index in [1.54, 1.807) is 32.0 Å². The van der Waals surface area contributed by atoms with E-state index >= 15 is 0 Å². The number of anilines is 3. The van der Waals surface area contributed by atoms with Gasteiger partial charge in [-0.2, -0.15) is 0 Å². The summed E-state index contributed by atoms with van der Waals surface area (Å²) >= 11 is 0. The standard InChI is InChI=1S/C22H29N3O5S2/c1-4-14-31(27,28)25-13-5-6-17-15-19(9-12-21(17)25)24-32(29,30)20-10-7-18(8-11-20)23-22(26)16(2)3/h7-12,15-16,24H,4-6,13-14H2,1-3H3,(H,23,26). The van der Waals surface area contributed by atoms with Gasteiger partial charge >= 0.3 is 0 Å². The van der Waals surface area contributed by atoms with E-state index in [0.717, 1.165) is 5.56 Å². The summed E-state index contributed by atoms with van der Waals surface area (Å²) in [5.74, 6) is -0.256. The molecule has 0 saturated heterocycles. The molecule has 8 nitrogen and oxygen atoms in total. The van der Waals surface area contributed by atoms with Gasteiger partial charge in [-0.25, -0.2) is 16.8 Å². The van der Waals surface area contributed by atoms with Crippen LogP contribution in [0.4, 0.5) is 17.1 Å². The maximum Gasteiger partial charge on any atom is 0.261 e. The second-order valence-electron chi connectivity index (χ2n) is 8.11. The summed E-state index contributed by atoms with van der Waals surface area (Å²) in [6.45, 7) is 5.80. The van der Waals surface area contributed by atoms with E-state index in [1.807, 2.05) is 6.92 Å². The minimum Gasteiger partial charge on any atom is -0.326 e. The lowest BCUT2D eigenvalue weighted by molar-refractivity contribution is -0.118. The lowest BCUT2D eigenvalue weighted by Gasteiger charge is -2.30. The van der Waals surface area contributed by atoms with Crippen LogP contribution in [0.1, 0.15) is 39.2 Å². The van der Waals surface area contributed by atoms with Gasteiger partial charge in [0.15, 0.2) is 0 Å². The van der Waals surface area contributed by atoms with Crippen LogP contribution < -0.4 is 14.3 Å². The number of hydrogen-bond acceptors (Lipinski definition) is 5. The third-order valence-electron chi connectivity index (χ3n) is 5.16. The molecule has 0 saturated carbocycles. The van der Waals surface area contributed by atoms with Crippen LogP contribution >= 0.6 is 0 Å². The number of nitrogens with zero attached hydrogens (tertiary/aromatic N) is 1. The predicted molar refractivity (Wildman–Crippen MR) is 127 cm³/mol. The molecular formula is C22H29N3O5S2. The van der Waals surface area contributed by atoms with Crippen LogP contribution in [0.5, 0.6) is 0 Å². The Kier molecular flexibility index (Phi) is 7.14. The third kappa shape index (κ3) is 5.42. The Bertz CT molecular complexity index is 1190. The fourth-order valence-electron chi connectivity index (χ4n) is 3.50. The Morgan fingerprint density at radius 3 is 2.31 bits per heavy atom. The molecule has 10 heteroatoms. The number of rotatable bonds is 8. The number of carbonyl (C=O) groups is 1. The Morgan fingerprint density at radius 1 is 1.03 bits per heavy atom. The molecule has 32 heavy (non-hydrogen) atoms. The molecule has 0 unspecified atom stereocenters. The van der Waals surface area contributed by atoms with Crippen LogP contribution in [0, 0.1) is 5.92 Å². The number of hydrogen-bond donors (Lipinski definition) is 2. The van der Waals surface area contributed by atoms with Gasteiger partial charge < -0.3 is 5.32 Å². The quantitative estimate of drug-likeness (QED) is 0.601. The van der Waals surface area contributed by atoms with Gasteiger partial charge in [0, 0.05) is 23.8 Å². The van der Waals surface area contributed by atoms with Gasteiger partial charge in [-0.3, -0.25) is 13.8 Å². The lowest BCUT2D eigenvalue weighted by atomic mass is 10.0. The van der Waals surface area contributed by atoms with Crippen LogP contribution in [-0.4, -0.2) is 35.0 Å². The normalized spacial score (nSPS) is 14.2. The molecule has 1 amide bonds. The molecule has 1 heterocycles. The first-order valence-electron chi connectivity index (χ1n) is 10.6. The zero-order valence-corrected chi connectivity index (χ0v) is 20.1. The van der Waals surface area contributed by atoms with Crippen molar-refractivity contribution in [1.82, 2.24) is 0 Å². The average molecular weight is 480 g/mol. The van der Waals surface area contributed by atoms with Crippen molar-refractivity contribution in [3.8, 4) is 0 Å². The number of benzene rings is 2. The fraction of sp³-hybridized carbons (Fsp3) is 0.409. The summed E-state index contributed by atoms with van der Waals surface area (Å²) in [5, 5.41) is 2.72. The van der Waals surface area contributed by atoms with E-state index in [0.29, 0.717) is 42.9 Å². The SMILES string of the molecule is CCCS(=O)(=O)N1CCCc2cc(NS(=O)(=O)c3ccc(NC(=O)C(C)C)cc3)ccc21. The molecule has 2 aromatic rings. The van der Waals surface area contributed by atoms with Crippen LogP contribution in [0.3, 0.4) is 0 Å². The monoisotopic (exact) mass is 479 g/mol. The van der Waals surface area contributed by atoms with E-state index in [2.05, 4.69) is 10.0 Å². The summed E-state index contributed by atoms with van der Waals surface area (Å²) in [7, 11) is -7.24. The first-order chi connectivity index (χ1) is 15.0. The summed E-state index contributed by atoms with van der Waals surface area (Å²) in [5.41, 5.74) is 2.29. The molecule has 1 aliphatic rings. The molecule has 0 radical (unpaired) electrons. The molecule has 0 aromatic heterocycles. The highest BCUT2D eigenvalue weighted by Gasteiger charge is 2.27. The maximum absolute atomic E-state index is 12.8. The molecule has 0 bridgehead atoms. The van der Waals surface area contributed by atoms with Crippen molar-refractivity contribution in [1.29, 1.82) is 0 Å². The Morgan fingerprint density at radius 2 is 1.69 bits per heavy atom. The topological polar surface area (TPSA) is 113 Å². The second-order valence-corrected chi connectivity index (χ2v) is 11.8. The number of nitrogens with one attached hydrogen (secondary N) is 2. The largest absolute Gasteiger partial charge is 0.326 e. The number of aryl methyl sites for hydroxylation is 1. The highest BCUT2D eigenvalue weighted by Crippen LogP contribution is 2.32. The summed E-state index contributed by atoms with van der Waals surface area (Å²) in [6.07, 6.45) is 1.88. The first kappa shape index (κ1) is 24.1. The number of sulfonamides is 2. The van der Waals surface area contributed by atoms with Crippen molar-refractivity contribution in [2.45, 2.75) is 44.9 Å². The summed E-state index contributed by atoms with van der Waals surface area (Å²) in [6, 6.07) is 10.9. The van der Waals surface area contributed by atoms with Gasteiger partial charge in [0.1, 0.15) is 0 Å². The molecular weight excluding hydrogens is 450 g/mol. The third-order valence-corrected chi connectivity index (χ3v) is 8.53. The van der Waals surface area contributed by atoms with E-state index in [9.17, 15) is 21.6 Å². The predicted octanol–water partition coefficient (Wildman–Crippen LogP) is 3.57. The van der Waals surface area contributed by atoms with Gasteiger partial charge in [0.25, 0.3) is 10.0 Å². The molecule has 3 rings (SSSR count). The van der Waals surface area contributed by atoms with E-state index < -0.39 is 20.0 Å². The molecule has 2 N–H and O–H groups in total. The maximum atomic E-state index is 12.8. The van der Waals surface area contributed by atoms with E-state index in [-0.39, 0.29) is 22.5 Å². The number of fused-ring (bicyclic) bond motifs is 1. The molecule has 0 fully saturated rings. The summed E-state index contributed by atoms with van der Waals surface area (Å²) < 4.78 is 54.8. The van der Waals surface area contributed by atoms with Gasteiger partial charge in [0.05, 0.1) is 16.3 Å². The van der Waals surface area contributed by atoms with Gasteiger partial charge in [-0.1, -0.05) is 20.8 Å². The zero-order chi connectivity index (χ0) is 23.5. The van der Waals surface area contributed by atoms with Gasteiger partial charge in [-0.05, 0) is 67.3 Å². The molecule has 1 aliphatic heterocycles. The fourth-order valence-corrected chi connectivity index (χ4v) is 6.17. The molecule has 174 valence electrons. The minimum atomic E-state index is -3.85. The van der Waals surface area contributed by atoms with Crippen molar-refractivity contribution in [2.75, 3.05) is 26.6 Å².